The van der Waals surface area contributed by atoms with Crippen molar-refractivity contribution < 1.29 is 0 Å². The van der Waals surface area contributed by atoms with Crippen molar-refractivity contribution in [2.45, 2.75) is 0 Å². The lowest BCUT2D eigenvalue weighted by Gasteiger charge is -2.30. The third-order valence-electron chi connectivity index (χ3n) is 14.8. The molecule has 0 atom stereocenters. The lowest BCUT2D eigenvalue weighted by Crippen LogP contribution is -2.12. The lowest BCUT2D eigenvalue weighted by molar-refractivity contribution is 1.18. The normalized spacial score (nSPS) is 11.6. The Morgan fingerprint density at radius 3 is 1.65 bits per heavy atom. The van der Waals surface area contributed by atoms with E-state index in [0.29, 0.717) is 0 Å². The molecule has 0 aliphatic carbocycles. The average molecular weight is 915 g/mol. The first kappa shape index (κ1) is 41.5. The van der Waals surface area contributed by atoms with E-state index in [-0.39, 0.29) is 0 Å². The highest BCUT2D eigenvalue weighted by Gasteiger charge is 2.23. The summed E-state index contributed by atoms with van der Waals surface area (Å²) in [5.41, 5.74) is 16.3. The summed E-state index contributed by atoms with van der Waals surface area (Å²) in [6, 6.07) is 102. The molecule has 0 N–H and O–H groups in total. The van der Waals surface area contributed by atoms with Crippen LogP contribution in [-0.4, -0.2) is 4.57 Å². The molecule has 14 aromatic rings. The Balaban J connectivity index is 0.957. The first-order valence-corrected chi connectivity index (χ1v) is 24.8. The molecule has 72 heavy (non-hydrogen) atoms. The third-order valence-corrected chi connectivity index (χ3v) is 14.8. The first-order chi connectivity index (χ1) is 35.7. The van der Waals surface area contributed by atoms with Gasteiger partial charge in [0.05, 0.1) is 28.1 Å². The van der Waals surface area contributed by atoms with Crippen LogP contribution < -0.4 is 4.90 Å². The van der Waals surface area contributed by atoms with Crippen molar-refractivity contribution >= 4 is 82.0 Å². The Morgan fingerprint density at radius 2 is 0.819 bits per heavy atom. The van der Waals surface area contributed by atoms with E-state index in [1.807, 2.05) is 0 Å². The Bertz CT molecular complexity index is 4390. The predicted octanol–water partition coefficient (Wildman–Crippen LogP) is 19.5. The molecule has 0 unspecified atom stereocenters. The molecular weight excluding hydrogens is 869 g/mol. The molecule has 14 rings (SSSR count). The number of rotatable bonds is 8. The summed E-state index contributed by atoms with van der Waals surface area (Å²) < 4.78 is 2.48. The van der Waals surface area contributed by atoms with Crippen LogP contribution in [0.25, 0.3) is 115 Å². The van der Waals surface area contributed by atoms with Gasteiger partial charge in [0.15, 0.2) is 0 Å². The largest absolute Gasteiger partial charge is 0.309 e. The summed E-state index contributed by atoms with van der Waals surface area (Å²) in [5.74, 6) is 0. The molecule has 2 heteroatoms. The van der Waals surface area contributed by atoms with E-state index in [9.17, 15) is 0 Å². The number of hydrogen-bond donors (Lipinski definition) is 0. The maximum atomic E-state index is 2.48. The lowest BCUT2D eigenvalue weighted by atomic mass is 9.92. The van der Waals surface area contributed by atoms with Crippen molar-refractivity contribution in [2.24, 2.45) is 0 Å². The second kappa shape index (κ2) is 17.2. The first-order valence-electron chi connectivity index (χ1n) is 24.8. The number of benzene rings is 13. The van der Waals surface area contributed by atoms with E-state index >= 15 is 0 Å². The fraction of sp³-hybridized carbons (Fsp3) is 0. The molecule has 0 saturated carbocycles. The molecule has 1 aromatic heterocycles. The van der Waals surface area contributed by atoms with Crippen LogP contribution in [0.1, 0.15) is 0 Å². The minimum absolute atomic E-state index is 1.07. The standard InChI is InChI=1S/C70H46N2/c1-2-18-50(19-3-1)58-41-37-53(46-69(58)72-66-32-15-13-29-64(66)70-59-26-9-7-21-51(59)38-43-68(70)72)48-35-39-55(40-36-48)71(65-31-14-12-25-57(65)54-34-33-47-17-4-5-22-52(47)45-54)67-44-42-62(61-27-10-11-28-63(61)67)60-30-16-23-49-20-6-8-24-56(49)60/h1-46H. The van der Waals surface area contributed by atoms with Crippen LogP contribution in [-0.2, 0) is 0 Å². The number of hydrogen-bond acceptors (Lipinski definition) is 1. The van der Waals surface area contributed by atoms with Crippen LogP contribution in [0.15, 0.2) is 279 Å². The molecule has 1 heterocycles. The molecule has 0 fully saturated rings. The molecule has 0 saturated heterocycles. The summed E-state index contributed by atoms with van der Waals surface area (Å²) >= 11 is 0. The van der Waals surface area contributed by atoms with Gasteiger partial charge in [-0.2, -0.15) is 0 Å². The van der Waals surface area contributed by atoms with Crippen LogP contribution in [0.4, 0.5) is 17.1 Å². The third kappa shape index (κ3) is 6.88. The molecule has 13 aromatic carbocycles. The van der Waals surface area contributed by atoms with Gasteiger partial charge in [-0.05, 0) is 120 Å². The van der Waals surface area contributed by atoms with Gasteiger partial charge in [0, 0.05) is 33.0 Å². The summed E-state index contributed by atoms with van der Waals surface area (Å²) in [4.78, 5) is 2.47. The summed E-state index contributed by atoms with van der Waals surface area (Å²) in [5, 5.41) is 12.4. The van der Waals surface area contributed by atoms with Crippen LogP contribution >= 0.6 is 0 Å². The zero-order valence-corrected chi connectivity index (χ0v) is 39.5. The van der Waals surface area contributed by atoms with Gasteiger partial charge in [-0.25, -0.2) is 0 Å². The van der Waals surface area contributed by atoms with E-state index in [4.69, 9.17) is 0 Å². The van der Waals surface area contributed by atoms with Crippen LogP contribution in [0, 0.1) is 0 Å². The van der Waals surface area contributed by atoms with Crippen LogP contribution in [0.2, 0.25) is 0 Å². The van der Waals surface area contributed by atoms with Gasteiger partial charge in [-0.1, -0.05) is 231 Å². The number of nitrogens with zero attached hydrogens (tertiary/aromatic N) is 2. The highest BCUT2D eigenvalue weighted by molar-refractivity contribution is 6.21. The number of anilines is 3. The predicted molar refractivity (Wildman–Crippen MR) is 307 cm³/mol. The number of para-hydroxylation sites is 2. The maximum absolute atomic E-state index is 2.48. The van der Waals surface area contributed by atoms with Crippen LogP contribution in [0.3, 0.4) is 0 Å². The monoisotopic (exact) mass is 914 g/mol. The Morgan fingerprint density at radius 1 is 0.250 bits per heavy atom. The molecule has 0 bridgehead atoms. The Hall–Kier alpha value is -9.50. The average Bonchev–Trinajstić information content (AvgIpc) is 3.80. The van der Waals surface area contributed by atoms with Gasteiger partial charge in [0.1, 0.15) is 0 Å². The Labute approximate surface area is 418 Å². The summed E-state index contributed by atoms with van der Waals surface area (Å²) in [6.07, 6.45) is 0. The summed E-state index contributed by atoms with van der Waals surface area (Å²) in [6.45, 7) is 0. The maximum Gasteiger partial charge on any atom is 0.0547 e. The van der Waals surface area contributed by atoms with Gasteiger partial charge in [0.2, 0.25) is 0 Å². The highest BCUT2D eigenvalue weighted by Crippen LogP contribution is 2.47. The zero-order chi connectivity index (χ0) is 47.5. The van der Waals surface area contributed by atoms with Crippen molar-refractivity contribution in [1.82, 2.24) is 4.57 Å². The molecule has 0 spiro atoms. The molecule has 2 nitrogen and oxygen atoms in total. The van der Waals surface area contributed by atoms with Gasteiger partial charge in [0.25, 0.3) is 0 Å². The molecular formula is C70H46N2. The van der Waals surface area contributed by atoms with Crippen LogP contribution in [0.5, 0.6) is 0 Å². The second-order valence-corrected chi connectivity index (χ2v) is 18.8. The molecule has 0 radical (unpaired) electrons. The Kier molecular flexibility index (Phi) is 9.89. The van der Waals surface area contributed by atoms with E-state index in [0.717, 1.165) is 39.4 Å². The molecule has 0 amide bonds. The van der Waals surface area contributed by atoms with Crippen molar-refractivity contribution in [3.63, 3.8) is 0 Å². The zero-order valence-electron chi connectivity index (χ0n) is 39.5. The fourth-order valence-corrected chi connectivity index (χ4v) is 11.4. The van der Waals surface area contributed by atoms with Gasteiger partial charge < -0.3 is 9.47 Å². The fourth-order valence-electron chi connectivity index (χ4n) is 11.4. The van der Waals surface area contributed by atoms with Crippen molar-refractivity contribution in [1.29, 1.82) is 0 Å². The van der Waals surface area contributed by atoms with Gasteiger partial charge >= 0.3 is 0 Å². The van der Waals surface area contributed by atoms with E-state index in [1.54, 1.807) is 0 Å². The number of fused-ring (bicyclic) bond motifs is 8. The SMILES string of the molecule is c1ccc(-c2ccc(-c3ccc(N(c4ccccc4-c4ccc5ccccc5c4)c4ccc(-c5cccc6ccccc56)c5ccccc45)cc3)cc2-n2c3ccccc3c3c4ccccc4ccc32)cc1. The topological polar surface area (TPSA) is 8.17 Å². The van der Waals surface area contributed by atoms with Gasteiger partial charge in [-0.15, -0.1) is 0 Å². The number of aromatic nitrogens is 1. The minimum atomic E-state index is 1.07. The van der Waals surface area contributed by atoms with E-state index in [1.165, 1.54) is 92.7 Å². The smallest absolute Gasteiger partial charge is 0.0547 e. The van der Waals surface area contributed by atoms with E-state index in [2.05, 4.69) is 289 Å². The minimum Gasteiger partial charge on any atom is -0.309 e. The quantitative estimate of drug-likeness (QED) is 0.147. The molecule has 0 aliphatic rings. The van der Waals surface area contributed by atoms with Crippen molar-refractivity contribution in [2.75, 3.05) is 4.90 Å². The summed E-state index contributed by atoms with van der Waals surface area (Å²) in [7, 11) is 0. The molecule has 336 valence electrons. The highest BCUT2D eigenvalue weighted by atomic mass is 15.1. The molecule has 0 aliphatic heterocycles. The van der Waals surface area contributed by atoms with E-state index < -0.39 is 0 Å². The van der Waals surface area contributed by atoms with Crippen molar-refractivity contribution in [3.8, 4) is 50.2 Å². The van der Waals surface area contributed by atoms with Gasteiger partial charge in [-0.3, -0.25) is 0 Å². The van der Waals surface area contributed by atoms with Crippen molar-refractivity contribution in [3.05, 3.63) is 279 Å². The second-order valence-electron chi connectivity index (χ2n) is 18.8.